The average molecular weight is 266 g/mol. The Morgan fingerprint density at radius 1 is 1.20 bits per heavy atom. The molecular formula is C17H18N2O. The topological polar surface area (TPSA) is 48.1 Å². The maximum atomic E-state index is 5.73. The molecule has 3 nitrogen and oxygen atoms in total. The molecule has 2 aromatic rings. The van der Waals surface area contributed by atoms with E-state index in [1.54, 1.807) is 6.20 Å². The van der Waals surface area contributed by atoms with Crippen LogP contribution in [0.3, 0.4) is 0 Å². The van der Waals surface area contributed by atoms with Crippen LogP contribution in [0.4, 0.5) is 0 Å². The number of pyridine rings is 1. The normalized spacial score (nSPS) is 11.3. The fourth-order valence-electron chi connectivity index (χ4n) is 1.73. The molecule has 20 heavy (non-hydrogen) atoms. The molecular weight excluding hydrogens is 248 g/mol. The molecule has 3 heteroatoms. The molecule has 102 valence electrons. The van der Waals surface area contributed by atoms with Gasteiger partial charge in [-0.3, -0.25) is 4.98 Å². The van der Waals surface area contributed by atoms with E-state index in [0.29, 0.717) is 6.61 Å². The summed E-state index contributed by atoms with van der Waals surface area (Å²) in [6.45, 7) is 2.31. The van der Waals surface area contributed by atoms with Crippen LogP contribution < -0.4 is 10.5 Å². The van der Waals surface area contributed by atoms with E-state index in [1.165, 1.54) is 0 Å². The van der Waals surface area contributed by atoms with E-state index < -0.39 is 0 Å². The van der Waals surface area contributed by atoms with Gasteiger partial charge in [0, 0.05) is 23.7 Å². The molecule has 0 saturated carbocycles. The van der Waals surface area contributed by atoms with Crippen LogP contribution in [0.15, 0.2) is 48.7 Å². The monoisotopic (exact) mass is 266 g/mol. The van der Waals surface area contributed by atoms with E-state index in [9.17, 15) is 0 Å². The first-order valence-electron chi connectivity index (χ1n) is 6.61. The highest BCUT2D eigenvalue weighted by atomic mass is 16.5. The number of aromatic nitrogens is 1. The van der Waals surface area contributed by atoms with Gasteiger partial charge in [-0.2, -0.15) is 0 Å². The van der Waals surface area contributed by atoms with Gasteiger partial charge in [0.1, 0.15) is 12.4 Å². The van der Waals surface area contributed by atoms with Crippen molar-refractivity contribution in [1.29, 1.82) is 0 Å². The summed E-state index contributed by atoms with van der Waals surface area (Å²) in [5.74, 6) is 6.74. The van der Waals surface area contributed by atoms with Gasteiger partial charge in [0.2, 0.25) is 0 Å². The van der Waals surface area contributed by atoms with Gasteiger partial charge in [-0.25, -0.2) is 0 Å². The second kappa shape index (κ2) is 7.32. The third kappa shape index (κ3) is 4.75. The fraction of sp³-hybridized carbons (Fsp3) is 0.235. The smallest absolute Gasteiger partial charge is 0.149 e. The lowest BCUT2D eigenvalue weighted by molar-refractivity contribution is 0.368. The zero-order valence-corrected chi connectivity index (χ0v) is 11.5. The predicted molar refractivity (Wildman–Crippen MR) is 80.4 cm³/mol. The first kappa shape index (κ1) is 14.1. The quantitative estimate of drug-likeness (QED) is 0.864. The van der Waals surface area contributed by atoms with E-state index in [0.717, 1.165) is 23.4 Å². The van der Waals surface area contributed by atoms with Gasteiger partial charge in [0.15, 0.2) is 0 Å². The summed E-state index contributed by atoms with van der Waals surface area (Å²) in [7, 11) is 0. The molecule has 0 saturated heterocycles. The highest BCUT2D eigenvalue weighted by molar-refractivity contribution is 5.33. The van der Waals surface area contributed by atoms with Crippen LogP contribution in [-0.2, 0) is 6.42 Å². The van der Waals surface area contributed by atoms with Gasteiger partial charge < -0.3 is 10.5 Å². The van der Waals surface area contributed by atoms with Crippen LogP contribution in [0.25, 0.3) is 0 Å². The zero-order chi connectivity index (χ0) is 14.2. The molecule has 2 N–H and O–H groups in total. The lowest BCUT2D eigenvalue weighted by Crippen LogP contribution is -2.18. The molecule has 0 spiro atoms. The summed E-state index contributed by atoms with van der Waals surface area (Å²) >= 11 is 0. The van der Waals surface area contributed by atoms with Crippen LogP contribution in [0.5, 0.6) is 5.75 Å². The summed E-state index contributed by atoms with van der Waals surface area (Å²) in [5.41, 5.74) is 7.69. The molecule has 2 rings (SSSR count). The number of nitrogens with zero attached hydrogens (tertiary/aromatic N) is 1. The fourth-order valence-corrected chi connectivity index (χ4v) is 1.73. The number of rotatable bonds is 4. The van der Waals surface area contributed by atoms with E-state index in [1.807, 2.05) is 49.4 Å². The summed E-state index contributed by atoms with van der Waals surface area (Å²) in [6, 6.07) is 13.8. The maximum Gasteiger partial charge on any atom is 0.149 e. The van der Waals surface area contributed by atoms with Gasteiger partial charge >= 0.3 is 0 Å². The highest BCUT2D eigenvalue weighted by Gasteiger charge is 1.99. The molecule has 1 unspecified atom stereocenters. The molecule has 1 aromatic carbocycles. The van der Waals surface area contributed by atoms with Crippen LogP contribution >= 0.6 is 0 Å². The first-order valence-corrected chi connectivity index (χ1v) is 6.61. The molecule has 1 aromatic heterocycles. The minimum atomic E-state index is 0.117. The minimum absolute atomic E-state index is 0.117. The Bertz CT molecular complexity index is 580. The molecule has 0 radical (unpaired) electrons. The standard InChI is InChI=1S/C17H18N2O/c1-14(18)12-16-9-10-17(13-19-16)20-11-5-8-15-6-3-2-4-7-15/h2-4,6-7,9-10,13-14H,11-12,18H2,1H3. The van der Waals surface area contributed by atoms with Gasteiger partial charge in [-0.05, 0) is 31.2 Å². The maximum absolute atomic E-state index is 5.73. The van der Waals surface area contributed by atoms with Gasteiger partial charge in [-0.15, -0.1) is 0 Å². The molecule has 0 aliphatic carbocycles. The van der Waals surface area contributed by atoms with Crippen molar-refractivity contribution in [2.24, 2.45) is 5.73 Å². The predicted octanol–water partition coefficient (Wildman–Crippen LogP) is 2.40. The van der Waals surface area contributed by atoms with Crippen LogP contribution in [0.1, 0.15) is 18.2 Å². The van der Waals surface area contributed by atoms with Crippen molar-refractivity contribution in [3.63, 3.8) is 0 Å². The molecule has 0 aliphatic heterocycles. The summed E-state index contributed by atoms with van der Waals surface area (Å²) in [6.07, 6.45) is 2.48. The SMILES string of the molecule is CC(N)Cc1ccc(OCC#Cc2ccccc2)cn1. The number of benzene rings is 1. The number of nitrogens with two attached hydrogens (primary N) is 1. The Balaban J connectivity index is 1.84. The van der Waals surface area contributed by atoms with Crippen molar-refractivity contribution < 1.29 is 4.74 Å². The first-order chi connectivity index (χ1) is 9.74. The van der Waals surface area contributed by atoms with E-state index in [2.05, 4.69) is 16.8 Å². The average Bonchev–Trinajstić information content (AvgIpc) is 2.46. The zero-order valence-electron chi connectivity index (χ0n) is 11.5. The van der Waals surface area contributed by atoms with Crippen molar-refractivity contribution >= 4 is 0 Å². The summed E-state index contributed by atoms with van der Waals surface area (Å²) in [4.78, 5) is 4.30. The Morgan fingerprint density at radius 3 is 2.65 bits per heavy atom. The summed E-state index contributed by atoms with van der Waals surface area (Å²) < 4.78 is 5.52. The second-order valence-electron chi connectivity index (χ2n) is 4.62. The van der Waals surface area contributed by atoms with Gasteiger partial charge in [0.05, 0.1) is 6.20 Å². The number of hydrogen-bond acceptors (Lipinski definition) is 3. The van der Waals surface area contributed by atoms with E-state index in [4.69, 9.17) is 10.5 Å². The summed E-state index contributed by atoms with van der Waals surface area (Å²) in [5, 5.41) is 0. The van der Waals surface area contributed by atoms with Crippen molar-refractivity contribution in [1.82, 2.24) is 4.98 Å². The third-order valence-electron chi connectivity index (χ3n) is 2.65. The Hall–Kier alpha value is -2.31. The number of ether oxygens (including phenoxy) is 1. The van der Waals surface area contributed by atoms with E-state index >= 15 is 0 Å². The molecule has 0 bridgehead atoms. The molecule has 0 aliphatic rings. The third-order valence-corrected chi connectivity index (χ3v) is 2.65. The molecule has 0 amide bonds. The van der Waals surface area contributed by atoms with Crippen LogP contribution in [0, 0.1) is 11.8 Å². The second-order valence-corrected chi connectivity index (χ2v) is 4.62. The van der Waals surface area contributed by atoms with Crippen molar-refractivity contribution in [3.05, 3.63) is 59.9 Å². The Labute approximate surface area is 119 Å². The Morgan fingerprint density at radius 2 is 2.00 bits per heavy atom. The Kier molecular flexibility index (Phi) is 5.16. The lowest BCUT2D eigenvalue weighted by atomic mass is 10.2. The van der Waals surface area contributed by atoms with Crippen molar-refractivity contribution in [2.45, 2.75) is 19.4 Å². The van der Waals surface area contributed by atoms with Gasteiger partial charge in [0.25, 0.3) is 0 Å². The molecule has 1 atom stereocenters. The number of hydrogen-bond donors (Lipinski definition) is 1. The molecule has 0 fully saturated rings. The van der Waals surface area contributed by atoms with E-state index in [-0.39, 0.29) is 6.04 Å². The lowest BCUT2D eigenvalue weighted by Gasteiger charge is -2.05. The van der Waals surface area contributed by atoms with Crippen LogP contribution in [0.2, 0.25) is 0 Å². The van der Waals surface area contributed by atoms with Crippen LogP contribution in [-0.4, -0.2) is 17.6 Å². The highest BCUT2D eigenvalue weighted by Crippen LogP contribution is 2.09. The largest absolute Gasteiger partial charge is 0.479 e. The van der Waals surface area contributed by atoms with Crippen molar-refractivity contribution in [3.8, 4) is 17.6 Å². The molecule has 1 heterocycles. The minimum Gasteiger partial charge on any atom is -0.479 e. The van der Waals surface area contributed by atoms with Gasteiger partial charge in [-0.1, -0.05) is 30.0 Å². The van der Waals surface area contributed by atoms with Crippen molar-refractivity contribution in [2.75, 3.05) is 6.61 Å².